The molecule has 0 aromatic heterocycles. The van der Waals surface area contributed by atoms with Crippen LogP contribution in [0, 0.1) is 5.92 Å². The molecule has 0 spiro atoms. The molecule has 0 radical (unpaired) electrons. The van der Waals surface area contributed by atoms with Gasteiger partial charge in [0.05, 0.1) is 0 Å². The second kappa shape index (κ2) is 14.6. The van der Waals surface area contributed by atoms with Gasteiger partial charge in [0.15, 0.2) is 0 Å². The Labute approximate surface area is 305 Å². The van der Waals surface area contributed by atoms with E-state index in [-0.39, 0.29) is 31.5 Å². The summed E-state index contributed by atoms with van der Waals surface area (Å²) in [6.07, 6.45) is 8.60. The molecule has 2 aromatic rings. The number of alkyl halides is 3. The van der Waals surface area contributed by atoms with Crippen molar-refractivity contribution in [3.63, 3.8) is 0 Å². The summed E-state index contributed by atoms with van der Waals surface area (Å²) in [6.45, 7) is 1.19. The number of sulfonamides is 1. The number of carbonyl (C=O) groups is 4. The first-order valence-electron chi connectivity index (χ1n) is 18.4. The minimum Gasteiger partial charge on any atom is -0.446 e. The van der Waals surface area contributed by atoms with E-state index < -0.39 is 62.9 Å². The van der Waals surface area contributed by atoms with E-state index in [1.165, 1.54) is 4.90 Å². The molecule has 53 heavy (non-hydrogen) atoms. The van der Waals surface area contributed by atoms with E-state index in [4.69, 9.17) is 4.74 Å². The monoisotopic (exact) mass is 759 g/mol. The Bertz CT molecular complexity index is 1880. The summed E-state index contributed by atoms with van der Waals surface area (Å²) < 4.78 is 70.7. The van der Waals surface area contributed by atoms with Gasteiger partial charge >= 0.3 is 21.6 Å². The van der Waals surface area contributed by atoms with Gasteiger partial charge in [-0.25, -0.2) is 9.52 Å². The zero-order valence-electron chi connectivity index (χ0n) is 29.2. The molecule has 2 saturated carbocycles. The average molecular weight is 760 g/mol. The van der Waals surface area contributed by atoms with Crippen LogP contribution in [0.5, 0.6) is 0 Å². The Hall–Kier alpha value is -4.18. The summed E-state index contributed by atoms with van der Waals surface area (Å²) in [5, 5.41) is 7.64. The van der Waals surface area contributed by atoms with Crippen molar-refractivity contribution >= 4 is 44.6 Å². The molecule has 0 bridgehead atoms. The van der Waals surface area contributed by atoms with E-state index in [2.05, 4.69) is 15.5 Å². The molecule has 4 unspecified atom stereocenters. The Morgan fingerprint density at radius 1 is 0.943 bits per heavy atom. The maximum absolute atomic E-state index is 14.5. The Kier molecular flexibility index (Phi) is 10.2. The molecule has 2 aliphatic carbocycles. The van der Waals surface area contributed by atoms with Crippen molar-refractivity contribution in [3.8, 4) is 0 Å². The zero-order chi connectivity index (χ0) is 37.5. The van der Waals surface area contributed by atoms with Gasteiger partial charge in [-0.05, 0) is 79.7 Å². The topological polar surface area (TPSA) is 154 Å². The SMILES string of the molecule is O=C(NC1CCCCC/C=C/C2CC2(C(=O)NS(=O)(=O)C(F)(F)F)NC(=O)C2C[C@@H](N3Cc4cccc5cccc(c45)C3)CN2C1=O)OC1CCCC1. The quantitative estimate of drug-likeness (QED) is 0.377. The fraction of sp³-hybridized carbons (Fsp3) is 0.568. The van der Waals surface area contributed by atoms with Crippen molar-refractivity contribution in [1.82, 2.24) is 25.2 Å². The van der Waals surface area contributed by atoms with Crippen LogP contribution < -0.4 is 15.4 Å². The van der Waals surface area contributed by atoms with Gasteiger partial charge in [-0.2, -0.15) is 21.6 Å². The van der Waals surface area contributed by atoms with E-state index in [0.29, 0.717) is 45.2 Å². The number of nitrogens with zero attached hydrogens (tertiary/aromatic N) is 2. The minimum atomic E-state index is -6.06. The van der Waals surface area contributed by atoms with Crippen LogP contribution in [0.1, 0.15) is 81.8 Å². The van der Waals surface area contributed by atoms with Crippen molar-refractivity contribution in [2.75, 3.05) is 6.54 Å². The Morgan fingerprint density at radius 2 is 1.62 bits per heavy atom. The number of hydrogen-bond donors (Lipinski definition) is 3. The van der Waals surface area contributed by atoms with E-state index >= 15 is 0 Å². The molecule has 7 rings (SSSR count). The molecule has 4 amide bonds. The number of halogens is 3. The molecule has 12 nitrogen and oxygen atoms in total. The lowest BCUT2D eigenvalue weighted by atomic mass is 9.94. The molecule has 16 heteroatoms. The smallest absolute Gasteiger partial charge is 0.446 e. The van der Waals surface area contributed by atoms with Gasteiger partial charge in [0, 0.05) is 31.6 Å². The highest BCUT2D eigenvalue weighted by Crippen LogP contribution is 2.46. The normalized spacial score (nSPS) is 29.3. The highest BCUT2D eigenvalue weighted by molar-refractivity contribution is 7.90. The number of ether oxygens (including phenoxy) is 1. The third-order valence-electron chi connectivity index (χ3n) is 11.4. The van der Waals surface area contributed by atoms with Crippen LogP contribution in [0.25, 0.3) is 10.8 Å². The van der Waals surface area contributed by atoms with Crippen LogP contribution in [0.15, 0.2) is 48.6 Å². The fourth-order valence-electron chi connectivity index (χ4n) is 8.48. The largest absolute Gasteiger partial charge is 0.516 e. The van der Waals surface area contributed by atoms with Crippen LogP contribution >= 0.6 is 0 Å². The first kappa shape index (κ1) is 37.1. The first-order chi connectivity index (χ1) is 25.3. The number of allylic oxidation sites excluding steroid dienone is 1. The van der Waals surface area contributed by atoms with Crippen LogP contribution in [-0.4, -0.2) is 83.9 Å². The average Bonchev–Trinajstić information content (AvgIpc) is 3.40. The molecular formula is C37H44F3N5O7S. The number of carbonyl (C=O) groups excluding carboxylic acids is 4. The van der Waals surface area contributed by atoms with Crippen LogP contribution in [0.3, 0.4) is 0 Å². The number of alkyl carbamates (subject to hydrolysis) is 1. The summed E-state index contributed by atoms with van der Waals surface area (Å²) >= 11 is 0. The second-order valence-electron chi connectivity index (χ2n) is 15.0. The number of fused-ring (bicyclic) bond motifs is 2. The number of rotatable bonds is 5. The van der Waals surface area contributed by atoms with Crippen molar-refractivity contribution in [3.05, 3.63) is 59.7 Å². The highest BCUT2D eigenvalue weighted by atomic mass is 32.2. The molecule has 3 aliphatic heterocycles. The lowest BCUT2D eigenvalue weighted by Crippen LogP contribution is -2.58. The molecule has 5 aliphatic rings. The fourth-order valence-corrected chi connectivity index (χ4v) is 9.02. The number of amides is 4. The molecule has 286 valence electrons. The number of hydrogen-bond acceptors (Lipinski definition) is 8. The third kappa shape index (κ3) is 7.62. The molecule has 3 N–H and O–H groups in total. The molecule has 3 heterocycles. The van der Waals surface area contributed by atoms with Crippen LogP contribution in [0.4, 0.5) is 18.0 Å². The van der Waals surface area contributed by atoms with Gasteiger partial charge in [0.2, 0.25) is 11.8 Å². The Balaban J connectivity index is 1.19. The van der Waals surface area contributed by atoms with Gasteiger partial charge < -0.3 is 20.3 Å². The number of benzene rings is 2. The molecule has 1 saturated heterocycles. The zero-order valence-corrected chi connectivity index (χ0v) is 30.0. The summed E-state index contributed by atoms with van der Waals surface area (Å²) in [5.41, 5.74) is -5.54. The van der Waals surface area contributed by atoms with Gasteiger partial charge in [0.25, 0.3) is 5.91 Å². The Morgan fingerprint density at radius 3 is 2.30 bits per heavy atom. The maximum Gasteiger partial charge on any atom is 0.516 e. The number of nitrogens with one attached hydrogen (secondary N) is 3. The van der Waals surface area contributed by atoms with Crippen molar-refractivity contribution in [2.24, 2.45) is 5.92 Å². The minimum absolute atomic E-state index is 0.107. The van der Waals surface area contributed by atoms with E-state index in [1.54, 1.807) is 12.2 Å². The highest BCUT2D eigenvalue weighted by Gasteiger charge is 2.63. The molecule has 2 aromatic carbocycles. The second-order valence-corrected chi connectivity index (χ2v) is 16.6. The summed E-state index contributed by atoms with van der Waals surface area (Å²) in [5.74, 6) is -3.56. The summed E-state index contributed by atoms with van der Waals surface area (Å²) in [6, 6.07) is 9.60. The van der Waals surface area contributed by atoms with E-state index in [0.717, 1.165) is 52.3 Å². The third-order valence-corrected chi connectivity index (χ3v) is 12.5. The van der Waals surface area contributed by atoms with Crippen molar-refractivity contribution in [1.29, 1.82) is 0 Å². The summed E-state index contributed by atoms with van der Waals surface area (Å²) in [7, 11) is -6.06. The van der Waals surface area contributed by atoms with Crippen molar-refractivity contribution in [2.45, 2.75) is 119 Å². The predicted octanol–water partition coefficient (Wildman–Crippen LogP) is 4.52. The van der Waals surface area contributed by atoms with Crippen molar-refractivity contribution < 1.29 is 45.5 Å². The van der Waals surface area contributed by atoms with Crippen LogP contribution in [-0.2, 0) is 42.2 Å². The lowest BCUT2D eigenvalue weighted by Gasteiger charge is -2.34. The van der Waals surface area contributed by atoms with Gasteiger partial charge in [-0.1, -0.05) is 61.4 Å². The lowest BCUT2D eigenvalue weighted by molar-refractivity contribution is -0.141. The van der Waals surface area contributed by atoms with Gasteiger partial charge in [-0.15, -0.1) is 0 Å². The van der Waals surface area contributed by atoms with Gasteiger partial charge in [-0.3, -0.25) is 19.3 Å². The molecule has 3 fully saturated rings. The first-order valence-corrected chi connectivity index (χ1v) is 19.9. The molecular weight excluding hydrogens is 715 g/mol. The molecule has 5 atom stereocenters. The van der Waals surface area contributed by atoms with Gasteiger partial charge in [0.1, 0.15) is 23.7 Å². The predicted molar refractivity (Wildman–Crippen MR) is 187 cm³/mol. The van der Waals surface area contributed by atoms with E-state index in [1.807, 2.05) is 36.4 Å². The van der Waals surface area contributed by atoms with Crippen LogP contribution in [0.2, 0.25) is 0 Å². The standard InChI is InChI=1S/C37H44F3N5O7S/c38-37(39,40)53(50,51)43-34(48)36-19-26(36)14-4-2-1-3-5-17-29(41-35(49)52-28-15-6-7-16-28)33(47)45-22-27(18-30(45)32(46)42-36)44-20-24-12-8-10-23-11-9-13-25(21-44)31(23)24/h4,8-14,26-30H,1-3,5-7,15-22H2,(H,41,49)(H,42,46)(H,43,48)/b14-4+/t26?,27-,29?,30?,36?/m1/s1. The summed E-state index contributed by atoms with van der Waals surface area (Å²) in [4.78, 5) is 58.9. The maximum atomic E-state index is 14.5. The van der Waals surface area contributed by atoms with E-state index in [9.17, 15) is 40.8 Å².